The van der Waals surface area contributed by atoms with Crippen LogP contribution in [0.5, 0.6) is 0 Å². The largest absolute Gasteiger partial charge is 0.481 e. The molecule has 0 bridgehead atoms. The van der Waals surface area contributed by atoms with Crippen molar-refractivity contribution in [1.82, 2.24) is 0 Å². The molecule has 0 aliphatic carbocycles. The first-order valence-electron chi connectivity index (χ1n) is 4.04. The van der Waals surface area contributed by atoms with E-state index in [4.69, 9.17) is 4.74 Å². The maximum absolute atomic E-state index is 5.00. The minimum atomic E-state index is 0.530. The highest BCUT2D eigenvalue weighted by molar-refractivity contribution is 9.11. The molecule has 0 saturated heterocycles. The lowest BCUT2D eigenvalue weighted by atomic mass is 10.3. The number of rotatable bonds is 5. The number of ether oxygens (including phenoxy) is 1. The summed E-state index contributed by atoms with van der Waals surface area (Å²) in [5, 5.41) is 0. The second kappa shape index (κ2) is 7.33. The summed E-state index contributed by atoms with van der Waals surface area (Å²) in [5.41, 5.74) is 0.834. The van der Waals surface area contributed by atoms with Gasteiger partial charge in [-0.2, -0.15) is 0 Å². The molecule has 2 nitrogen and oxygen atoms in total. The predicted molar refractivity (Wildman–Crippen MR) is 65.6 cm³/mol. The molecule has 0 aromatic rings. The van der Waals surface area contributed by atoms with Crippen molar-refractivity contribution < 1.29 is 4.74 Å². The molecule has 0 rings (SSSR count). The number of aliphatic imine (C=N–C) groups is 1. The Labute approximate surface area is 93.5 Å². The monoisotopic (exact) mass is 255 g/mol. The summed E-state index contributed by atoms with van der Waals surface area (Å²) in [5.74, 6) is 0.530. The molecule has 0 aromatic heterocycles. The van der Waals surface area contributed by atoms with Crippen LogP contribution in [-0.2, 0) is 4.74 Å². The fraction of sp³-hybridized carbons (Fsp3) is 0.182. The molecule has 0 heterocycles. The highest BCUT2D eigenvalue weighted by Gasteiger charge is 1.90. The van der Waals surface area contributed by atoms with Gasteiger partial charge in [-0.15, -0.1) is 0 Å². The standard InChI is InChI=1S/C11H14BrNO/c1-5-6-11(14-4)13-10(3)8-7-9(2)12/h5-8H,1-2H2,3-4H3/b8-7+,11-6-,13-10-. The quantitative estimate of drug-likeness (QED) is 0.418. The Balaban J connectivity index is 4.56. The molecule has 0 atom stereocenters. The first-order chi connectivity index (χ1) is 6.60. The van der Waals surface area contributed by atoms with Crippen molar-refractivity contribution in [3.05, 3.63) is 47.8 Å². The van der Waals surface area contributed by atoms with Crippen LogP contribution in [0.15, 0.2) is 52.8 Å². The van der Waals surface area contributed by atoms with Crippen molar-refractivity contribution in [3.63, 3.8) is 0 Å². The van der Waals surface area contributed by atoms with Gasteiger partial charge in [0.1, 0.15) is 0 Å². The van der Waals surface area contributed by atoms with Crippen LogP contribution >= 0.6 is 15.9 Å². The number of hydrogen-bond acceptors (Lipinski definition) is 2. The average molecular weight is 256 g/mol. The van der Waals surface area contributed by atoms with E-state index in [1.807, 2.05) is 19.1 Å². The van der Waals surface area contributed by atoms with E-state index in [1.54, 1.807) is 19.3 Å². The highest BCUT2D eigenvalue weighted by Crippen LogP contribution is 2.03. The Bertz CT molecular complexity index is 300. The molecule has 0 amide bonds. The molecular formula is C11H14BrNO. The van der Waals surface area contributed by atoms with Crippen molar-refractivity contribution in [1.29, 1.82) is 0 Å². The van der Waals surface area contributed by atoms with Crippen molar-refractivity contribution >= 4 is 21.6 Å². The van der Waals surface area contributed by atoms with Gasteiger partial charge >= 0.3 is 0 Å². The maximum atomic E-state index is 5.00. The fourth-order valence-corrected chi connectivity index (χ4v) is 0.806. The normalized spacial score (nSPS) is 13.1. The smallest absolute Gasteiger partial charge is 0.213 e. The topological polar surface area (TPSA) is 21.6 Å². The van der Waals surface area contributed by atoms with E-state index in [2.05, 4.69) is 34.1 Å². The van der Waals surface area contributed by atoms with Crippen molar-refractivity contribution in [2.45, 2.75) is 6.92 Å². The summed E-state index contributed by atoms with van der Waals surface area (Å²) in [4.78, 5) is 4.19. The van der Waals surface area contributed by atoms with E-state index in [9.17, 15) is 0 Å². The third-order valence-electron chi connectivity index (χ3n) is 1.26. The van der Waals surface area contributed by atoms with E-state index in [0.29, 0.717) is 5.88 Å². The molecule has 0 N–H and O–H groups in total. The number of hydrogen-bond donors (Lipinski definition) is 0. The lowest BCUT2D eigenvalue weighted by molar-refractivity contribution is 0.289. The van der Waals surface area contributed by atoms with E-state index in [1.165, 1.54) is 0 Å². The van der Waals surface area contributed by atoms with Gasteiger partial charge in [0.25, 0.3) is 0 Å². The van der Waals surface area contributed by atoms with Crippen LogP contribution in [0.1, 0.15) is 6.92 Å². The van der Waals surface area contributed by atoms with Crippen LogP contribution in [0.2, 0.25) is 0 Å². The lowest BCUT2D eigenvalue weighted by Crippen LogP contribution is -1.89. The Kier molecular flexibility index (Phi) is 6.76. The second-order valence-electron chi connectivity index (χ2n) is 2.48. The third-order valence-corrected chi connectivity index (χ3v) is 1.53. The summed E-state index contributed by atoms with van der Waals surface area (Å²) in [7, 11) is 1.57. The molecule has 0 saturated carbocycles. The number of nitrogens with zero attached hydrogens (tertiary/aromatic N) is 1. The summed E-state index contributed by atoms with van der Waals surface area (Å²) in [6.07, 6.45) is 6.98. The molecule has 14 heavy (non-hydrogen) atoms. The van der Waals surface area contributed by atoms with Crippen LogP contribution in [0.3, 0.4) is 0 Å². The van der Waals surface area contributed by atoms with Gasteiger partial charge in [0.2, 0.25) is 5.88 Å². The Morgan fingerprint density at radius 1 is 1.43 bits per heavy atom. The average Bonchev–Trinajstić information content (AvgIpc) is 2.14. The molecule has 0 unspecified atom stereocenters. The summed E-state index contributed by atoms with van der Waals surface area (Å²) >= 11 is 3.22. The predicted octanol–water partition coefficient (Wildman–Crippen LogP) is 3.59. The first kappa shape index (κ1) is 12.9. The molecular weight excluding hydrogens is 242 g/mol. The van der Waals surface area contributed by atoms with Crippen LogP contribution in [0.25, 0.3) is 0 Å². The molecule has 0 fully saturated rings. The SMILES string of the molecule is C=C/C=C(/N=C(C)\C=C\C(=C)Br)OC. The Morgan fingerprint density at radius 2 is 2.07 bits per heavy atom. The van der Waals surface area contributed by atoms with Gasteiger partial charge in [-0.25, -0.2) is 4.99 Å². The van der Waals surface area contributed by atoms with Gasteiger partial charge in [0.05, 0.1) is 7.11 Å². The fourth-order valence-electron chi connectivity index (χ4n) is 0.674. The molecule has 0 spiro atoms. The van der Waals surface area contributed by atoms with Gasteiger partial charge < -0.3 is 4.74 Å². The molecule has 3 heteroatoms. The van der Waals surface area contributed by atoms with Gasteiger partial charge in [0.15, 0.2) is 0 Å². The summed E-state index contributed by atoms with van der Waals surface area (Å²) < 4.78 is 5.81. The zero-order valence-electron chi connectivity index (χ0n) is 8.46. The van der Waals surface area contributed by atoms with Gasteiger partial charge in [0, 0.05) is 10.2 Å². The summed E-state index contributed by atoms with van der Waals surface area (Å²) in [6, 6.07) is 0. The number of halogens is 1. The zero-order chi connectivity index (χ0) is 11.0. The van der Waals surface area contributed by atoms with E-state index in [0.717, 1.165) is 10.2 Å². The number of methoxy groups -OCH3 is 1. The van der Waals surface area contributed by atoms with Crippen LogP contribution in [0, 0.1) is 0 Å². The number of allylic oxidation sites excluding steroid dienone is 5. The van der Waals surface area contributed by atoms with Crippen molar-refractivity contribution in [2.75, 3.05) is 7.11 Å². The van der Waals surface area contributed by atoms with E-state index in [-0.39, 0.29) is 0 Å². The van der Waals surface area contributed by atoms with Crippen LogP contribution in [0.4, 0.5) is 0 Å². The van der Waals surface area contributed by atoms with Gasteiger partial charge in [-0.3, -0.25) is 0 Å². The lowest BCUT2D eigenvalue weighted by Gasteiger charge is -1.98. The first-order valence-corrected chi connectivity index (χ1v) is 4.84. The summed E-state index contributed by atoms with van der Waals surface area (Å²) in [6.45, 7) is 9.12. The molecule has 0 radical (unpaired) electrons. The zero-order valence-corrected chi connectivity index (χ0v) is 10.0. The molecule has 0 aromatic carbocycles. The Hall–Kier alpha value is -1.09. The third kappa shape index (κ3) is 6.43. The van der Waals surface area contributed by atoms with Gasteiger partial charge in [-0.05, 0) is 25.2 Å². The van der Waals surface area contributed by atoms with Crippen LogP contribution in [-0.4, -0.2) is 12.8 Å². The minimum absolute atomic E-state index is 0.530. The van der Waals surface area contributed by atoms with E-state index < -0.39 is 0 Å². The minimum Gasteiger partial charge on any atom is -0.481 e. The van der Waals surface area contributed by atoms with Crippen molar-refractivity contribution in [3.8, 4) is 0 Å². The highest BCUT2D eigenvalue weighted by atomic mass is 79.9. The second-order valence-corrected chi connectivity index (χ2v) is 3.50. The van der Waals surface area contributed by atoms with Crippen LogP contribution < -0.4 is 0 Å². The van der Waals surface area contributed by atoms with E-state index >= 15 is 0 Å². The molecule has 0 aliphatic heterocycles. The maximum Gasteiger partial charge on any atom is 0.213 e. The molecule has 76 valence electrons. The molecule has 0 aliphatic rings. The van der Waals surface area contributed by atoms with Gasteiger partial charge in [-0.1, -0.05) is 35.2 Å². The van der Waals surface area contributed by atoms with Crippen molar-refractivity contribution in [2.24, 2.45) is 4.99 Å². The Morgan fingerprint density at radius 3 is 2.50 bits per heavy atom.